The molecule has 3 heterocycles. The zero-order valence-corrected chi connectivity index (χ0v) is 21.0. The van der Waals surface area contributed by atoms with Crippen molar-refractivity contribution < 1.29 is 14.3 Å². The smallest absolute Gasteiger partial charge is 0.262 e. The van der Waals surface area contributed by atoms with Crippen molar-refractivity contribution in [3.05, 3.63) is 57.9 Å². The van der Waals surface area contributed by atoms with Gasteiger partial charge in [0, 0.05) is 29.1 Å². The van der Waals surface area contributed by atoms with Gasteiger partial charge in [-0.05, 0) is 56.8 Å². The maximum atomic E-state index is 14.2. The molecule has 3 aromatic rings. The van der Waals surface area contributed by atoms with E-state index >= 15 is 0 Å². The van der Waals surface area contributed by atoms with Crippen molar-refractivity contribution in [3.63, 3.8) is 0 Å². The Labute approximate surface area is 211 Å². The van der Waals surface area contributed by atoms with Crippen molar-refractivity contribution in [2.45, 2.75) is 44.7 Å². The van der Waals surface area contributed by atoms with Gasteiger partial charge in [-0.3, -0.25) is 9.59 Å². The third-order valence-electron chi connectivity index (χ3n) is 8.08. The van der Waals surface area contributed by atoms with E-state index in [9.17, 15) is 9.59 Å². The minimum absolute atomic E-state index is 0. The molecule has 0 unspecified atom stereocenters. The molecule has 0 N–H and O–H groups in total. The van der Waals surface area contributed by atoms with Gasteiger partial charge in [0.1, 0.15) is 0 Å². The Morgan fingerprint density at radius 3 is 2.46 bits per heavy atom. The lowest BCUT2D eigenvalue weighted by Crippen LogP contribution is -2.49. The number of fused-ring (bicyclic) bond motifs is 6. The average molecular weight is 495 g/mol. The van der Waals surface area contributed by atoms with Gasteiger partial charge in [0.2, 0.25) is 0 Å². The molecule has 0 spiro atoms. The zero-order valence-electron chi connectivity index (χ0n) is 20.2. The molecular formula is C28H31ClN2O4. The van der Waals surface area contributed by atoms with Crippen LogP contribution in [-0.2, 0) is 6.54 Å². The number of hydrogen-bond acceptors (Lipinski definition) is 5. The minimum atomic E-state index is -0.109. The van der Waals surface area contributed by atoms with Gasteiger partial charge in [0.15, 0.2) is 17.3 Å². The summed E-state index contributed by atoms with van der Waals surface area (Å²) >= 11 is 0. The summed E-state index contributed by atoms with van der Waals surface area (Å²) in [5.74, 6) is 1.25. The maximum Gasteiger partial charge on any atom is 0.262 e. The Kier molecular flexibility index (Phi) is 6.36. The summed E-state index contributed by atoms with van der Waals surface area (Å²) < 4.78 is 13.1. The van der Waals surface area contributed by atoms with Crippen LogP contribution in [0.5, 0.6) is 11.5 Å². The quantitative estimate of drug-likeness (QED) is 0.403. The van der Waals surface area contributed by atoms with Crippen LogP contribution in [0.4, 0.5) is 0 Å². The number of rotatable bonds is 4. The van der Waals surface area contributed by atoms with E-state index in [1.165, 1.54) is 19.3 Å². The first-order valence-electron chi connectivity index (χ1n) is 12.3. The van der Waals surface area contributed by atoms with Crippen LogP contribution in [0.3, 0.4) is 0 Å². The molecule has 0 amide bonds. The van der Waals surface area contributed by atoms with Crippen LogP contribution in [-0.4, -0.2) is 48.6 Å². The van der Waals surface area contributed by atoms with E-state index in [1.807, 2.05) is 34.9 Å². The Hall–Kier alpha value is -2.83. The molecule has 0 saturated carbocycles. The van der Waals surface area contributed by atoms with Crippen LogP contribution in [0.1, 0.15) is 48.0 Å². The number of nitrogens with zero attached hydrogens (tertiary/aromatic N) is 2. The van der Waals surface area contributed by atoms with Crippen molar-refractivity contribution in [2.75, 3.05) is 27.3 Å². The number of pyridine rings is 1. The maximum absolute atomic E-state index is 14.2. The van der Waals surface area contributed by atoms with Crippen molar-refractivity contribution >= 4 is 29.0 Å². The van der Waals surface area contributed by atoms with Crippen LogP contribution >= 0.6 is 12.4 Å². The highest BCUT2D eigenvalue weighted by Crippen LogP contribution is 2.44. The molecule has 2 aliphatic heterocycles. The summed E-state index contributed by atoms with van der Waals surface area (Å²) in [6, 6.07) is 11.8. The number of hydrogen-bond donors (Lipinski definition) is 0. The van der Waals surface area contributed by atoms with E-state index in [0.29, 0.717) is 51.9 Å². The molecule has 2 saturated heterocycles. The molecule has 2 aromatic carbocycles. The number of halogens is 1. The normalized spacial score (nSPS) is 21.1. The van der Waals surface area contributed by atoms with Gasteiger partial charge in [-0.25, -0.2) is 0 Å². The van der Waals surface area contributed by atoms with Gasteiger partial charge in [-0.15, -0.1) is 12.4 Å². The minimum Gasteiger partial charge on any atom is -0.493 e. The molecular weight excluding hydrogens is 464 g/mol. The first-order chi connectivity index (χ1) is 16.6. The SMILES string of the molecule is COc1ccc2c3c(n(C[C@@H]4CCCN5CCCC[C@H]45)c(=O)c2c1OC)-c1ccccc1C3=O.Cl. The fourth-order valence-electron chi connectivity index (χ4n) is 6.58. The number of aromatic nitrogens is 1. The second kappa shape index (κ2) is 9.32. The molecule has 0 radical (unpaired) electrons. The Morgan fingerprint density at radius 2 is 1.69 bits per heavy atom. The van der Waals surface area contributed by atoms with Crippen molar-refractivity contribution in [1.29, 1.82) is 0 Å². The van der Waals surface area contributed by atoms with Crippen LogP contribution in [0.15, 0.2) is 41.2 Å². The lowest BCUT2D eigenvalue weighted by atomic mass is 9.83. The van der Waals surface area contributed by atoms with E-state index in [-0.39, 0.29) is 23.7 Å². The first-order valence-corrected chi connectivity index (χ1v) is 12.3. The van der Waals surface area contributed by atoms with Crippen molar-refractivity contribution in [2.24, 2.45) is 5.92 Å². The molecule has 1 aliphatic carbocycles. The molecule has 6 nitrogen and oxygen atoms in total. The van der Waals surface area contributed by atoms with Crippen molar-refractivity contribution in [1.82, 2.24) is 9.47 Å². The van der Waals surface area contributed by atoms with Gasteiger partial charge in [0.25, 0.3) is 5.56 Å². The Morgan fingerprint density at radius 1 is 0.914 bits per heavy atom. The average Bonchev–Trinajstić information content (AvgIpc) is 3.18. The lowest BCUT2D eigenvalue weighted by Gasteiger charge is -2.44. The molecule has 3 aliphatic rings. The van der Waals surface area contributed by atoms with Gasteiger partial charge in [-0.2, -0.15) is 0 Å². The van der Waals surface area contributed by atoms with Crippen molar-refractivity contribution in [3.8, 4) is 22.8 Å². The molecule has 1 aromatic heterocycles. The number of carbonyl (C=O) groups excluding carboxylic acids is 1. The Balaban J connectivity index is 0.00000253. The zero-order chi connectivity index (χ0) is 23.4. The largest absolute Gasteiger partial charge is 0.493 e. The van der Waals surface area contributed by atoms with E-state index < -0.39 is 0 Å². The number of carbonyl (C=O) groups is 1. The topological polar surface area (TPSA) is 60.8 Å². The fraction of sp³-hybridized carbons (Fsp3) is 0.429. The summed E-state index contributed by atoms with van der Waals surface area (Å²) in [7, 11) is 3.11. The number of methoxy groups -OCH3 is 2. The van der Waals surface area contributed by atoms with Gasteiger partial charge >= 0.3 is 0 Å². The van der Waals surface area contributed by atoms with E-state index in [1.54, 1.807) is 20.3 Å². The van der Waals surface area contributed by atoms with Crippen LogP contribution in [0.2, 0.25) is 0 Å². The summed E-state index contributed by atoms with van der Waals surface area (Å²) in [6.07, 6.45) is 5.94. The highest BCUT2D eigenvalue weighted by Gasteiger charge is 2.37. The predicted molar refractivity (Wildman–Crippen MR) is 139 cm³/mol. The third kappa shape index (κ3) is 3.57. The number of ketones is 1. The second-order valence-electron chi connectivity index (χ2n) is 9.74. The molecule has 35 heavy (non-hydrogen) atoms. The number of piperidine rings is 2. The van der Waals surface area contributed by atoms with E-state index in [0.717, 1.165) is 37.2 Å². The monoisotopic (exact) mass is 494 g/mol. The highest BCUT2D eigenvalue weighted by molar-refractivity contribution is 6.27. The standard InChI is InChI=1S/C28H30N2O4.ClH/c1-33-22-13-12-20-23-25(18-9-3-4-10-19(18)26(23)31)30(28(32)24(20)27(22)34-2)16-17-8-7-15-29-14-6-5-11-21(17)29;/h3-4,9-10,12-13,17,21H,5-8,11,14-16H2,1-2H3;1H/t17-,21+;/m0./s1. The molecule has 6 rings (SSSR count). The summed E-state index contributed by atoms with van der Waals surface area (Å²) in [5.41, 5.74) is 2.77. The second-order valence-corrected chi connectivity index (χ2v) is 9.74. The summed E-state index contributed by atoms with van der Waals surface area (Å²) in [5, 5.41) is 1.07. The summed E-state index contributed by atoms with van der Waals surface area (Å²) in [4.78, 5) is 30.5. The van der Waals surface area contributed by atoms with Gasteiger partial charge in [-0.1, -0.05) is 30.7 Å². The van der Waals surface area contributed by atoms with Crippen LogP contribution in [0.25, 0.3) is 22.0 Å². The summed E-state index contributed by atoms with van der Waals surface area (Å²) in [6.45, 7) is 2.91. The van der Waals surface area contributed by atoms with Crippen LogP contribution < -0.4 is 15.0 Å². The van der Waals surface area contributed by atoms with Gasteiger partial charge in [0.05, 0.1) is 30.9 Å². The third-order valence-corrected chi connectivity index (χ3v) is 8.08. The molecule has 7 heteroatoms. The molecule has 0 bridgehead atoms. The van der Waals surface area contributed by atoms with E-state index in [4.69, 9.17) is 9.47 Å². The molecule has 2 atom stereocenters. The van der Waals surface area contributed by atoms with E-state index in [2.05, 4.69) is 4.90 Å². The van der Waals surface area contributed by atoms with Gasteiger partial charge < -0.3 is 18.9 Å². The molecule has 184 valence electrons. The number of benzene rings is 2. The lowest BCUT2D eigenvalue weighted by molar-refractivity contribution is 0.0517. The fourth-order valence-corrected chi connectivity index (χ4v) is 6.58. The Bertz CT molecular complexity index is 1360. The van der Waals surface area contributed by atoms with Crippen LogP contribution in [0, 0.1) is 5.92 Å². The highest BCUT2D eigenvalue weighted by atomic mass is 35.5. The predicted octanol–water partition coefficient (Wildman–Crippen LogP) is 4.92. The number of ether oxygens (including phenoxy) is 2. The first kappa shape index (κ1) is 23.9. The molecule has 2 fully saturated rings.